The third-order valence-electron chi connectivity index (χ3n) is 4.30. The summed E-state index contributed by atoms with van der Waals surface area (Å²) in [7, 11) is 7.11. The number of phenolic OH excluding ortho intramolecular Hbond substituents is 1. The number of benzene rings is 2. The SMILES string of the molecule is COc1ccc(-c2cc(=O)c3c(OC)c(OC)c(O)c(OC)c3o2)cc1OC. The van der Waals surface area contributed by atoms with Gasteiger partial charge in [-0.3, -0.25) is 4.79 Å². The van der Waals surface area contributed by atoms with Crippen LogP contribution in [-0.2, 0) is 0 Å². The summed E-state index contributed by atoms with van der Waals surface area (Å²) < 4.78 is 32.2. The maximum atomic E-state index is 12.9. The van der Waals surface area contributed by atoms with Gasteiger partial charge in [0.25, 0.3) is 0 Å². The highest BCUT2D eigenvalue weighted by Crippen LogP contribution is 2.49. The van der Waals surface area contributed by atoms with Crippen molar-refractivity contribution >= 4 is 11.0 Å². The summed E-state index contributed by atoms with van der Waals surface area (Å²) in [6.45, 7) is 0. The zero-order valence-electron chi connectivity index (χ0n) is 16.1. The van der Waals surface area contributed by atoms with Crippen LogP contribution in [0.25, 0.3) is 22.3 Å². The minimum absolute atomic E-state index is 0.0157. The minimum atomic E-state index is -0.389. The molecule has 0 aliphatic carbocycles. The first-order valence-corrected chi connectivity index (χ1v) is 8.21. The Morgan fingerprint density at radius 1 is 0.786 bits per heavy atom. The summed E-state index contributed by atoms with van der Waals surface area (Å²) in [5.74, 6) is 0.944. The molecular weight excluding hydrogens is 368 g/mol. The molecule has 3 rings (SSSR count). The van der Waals surface area contributed by atoms with Crippen molar-refractivity contribution in [1.29, 1.82) is 0 Å². The van der Waals surface area contributed by atoms with Crippen LogP contribution in [0, 0.1) is 0 Å². The summed E-state index contributed by atoms with van der Waals surface area (Å²) in [5, 5.41) is 10.6. The maximum Gasteiger partial charge on any atom is 0.208 e. The normalized spacial score (nSPS) is 10.6. The van der Waals surface area contributed by atoms with E-state index in [0.29, 0.717) is 17.1 Å². The van der Waals surface area contributed by atoms with E-state index in [-0.39, 0.29) is 45.2 Å². The second-order valence-electron chi connectivity index (χ2n) is 5.70. The first-order chi connectivity index (χ1) is 13.5. The summed E-state index contributed by atoms with van der Waals surface area (Å²) in [6.07, 6.45) is 0. The summed E-state index contributed by atoms with van der Waals surface area (Å²) >= 11 is 0. The second-order valence-corrected chi connectivity index (χ2v) is 5.70. The minimum Gasteiger partial charge on any atom is -0.501 e. The Morgan fingerprint density at radius 2 is 1.43 bits per heavy atom. The largest absolute Gasteiger partial charge is 0.501 e. The van der Waals surface area contributed by atoms with Gasteiger partial charge >= 0.3 is 0 Å². The van der Waals surface area contributed by atoms with E-state index in [1.165, 1.54) is 41.6 Å². The quantitative estimate of drug-likeness (QED) is 0.688. The van der Waals surface area contributed by atoms with Gasteiger partial charge in [0.2, 0.25) is 17.2 Å². The van der Waals surface area contributed by atoms with Crippen LogP contribution >= 0.6 is 0 Å². The molecule has 8 heteroatoms. The fraction of sp³-hybridized carbons (Fsp3) is 0.250. The molecule has 3 aromatic rings. The van der Waals surface area contributed by atoms with Crippen molar-refractivity contribution in [3.05, 3.63) is 34.5 Å². The van der Waals surface area contributed by atoms with Gasteiger partial charge < -0.3 is 33.2 Å². The maximum absolute atomic E-state index is 12.9. The Balaban J connectivity index is 2.36. The number of rotatable bonds is 6. The lowest BCUT2D eigenvalue weighted by Gasteiger charge is -2.16. The predicted molar refractivity (Wildman–Crippen MR) is 102 cm³/mol. The van der Waals surface area contributed by atoms with E-state index in [1.54, 1.807) is 18.2 Å². The number of hydrogen-bond acceptors (Lipinski definition) is 8. The molecule has 0 amide bonds. The Hall–Kier alpha value is -3.55. The molecule has 0 aliphatic heterocycles. The second kappa shape index (κ2) is 7.59. The molecule has 28 heavy (non-hydrogen) atoms. The van der Waals surface area contributed by atoms with Crippen LogP contribution in [0.2, 0.25) is 0 Å². The standard InChI is InChI=1S/C20H20O8/c1-23-12-7-6-10(8-14(12)24-2)13-9-11(21)15-17(25-3)19(26-4)16(22)20(27-5)18(15)28-13/h6-9,22H,1-5H3. The number of phenols is 1. The van der Waals surface area contributed by atoms with Gasteiger partial charge in [0.05, 0.1) is 35.5 Å². The van der Waals surface area contributed by atoms with E-state index in [0.717, 1.165) is 0 Å². The third kappa shape index (κ3) is 2.92. The summed E-state index contributed by atoms with van der Waals surface area (Å²) in [5.41, 5.74) is 0.224. The van der Waals surface area contributed by atoms with Crippen molar-refractivity contribution in [3.8, 4) is 45.8 Å². The molecule has 2 aromatic carbocycles. The van der Waals surface area contributed by atoms with E-state index in [4.69, 9.17) is 28.1 Å². The fourth-order valence-corrected chi connectivity index (χ4v) is 3.01. The molecule has 0 atom stereocenters. The Labute approximate surface area is 160 Å². The van der Waals surface area contributed by atoms with Crippen LogP contribution in [0.4, 0.5) is 0 Å². The first-order valence-electron chi connectivity index (χ1n) is 8.21. The molecule has 0 unspecified atom stereocenters. The van der Waals surface area contributed by atoms with E-state index in [1.807, 2.05) is 0 Å². The van der Waals surface area contributed by atoms with Gasteiger partial charge in [0.1, 0.15) is 11.1 Å². The number of methoxy groups -OCH3 is 5. The molecule has 1 aromatic heterocycles. The van der Waals surface area contributed by atoms with E-state index in [9.17, 15) is 9.90 Å². The number of hydrogen-bond donors (Lipinski definition) is 1. The van der Waals surface area contributed by atoms with Crippen molar-refractivity contribution in [2.24, 2.45) is 0 Å². The summed E-state index contributed by atoms with van der Waals surface area (Å²) in [4.78, 5) is 12.9. The van der Waals surface area contributed by atoms with Gasteiger partial charge in [-0.2, -0.15) is 0 Å². The third-order valence-corrected chi connectivity index (χ3v) is 4.30. The average Bonchev–Trinajstić information content (AvgIpc) is 2.72. The molecule has 0 fully saturated rings. The lowest BCUT2D eigenvalue weighted by atomic mass is 10.1. The highest BCUT2D eigenvalue weighted by Gasteiger charge is 2.26. The van der Waals surface area contributed by atoms with Gasteiger partial charge in [-0.25, -0.2) is 0 Å². The Kier molecular flexibility index (Phi) is 5.21. The predicted octanol–water partition coefficient (Wildman–Crippen LogP) is 3.21. The Bertz CT molecular complexity index is 1080. The molecule has 0 bridgehead atoms. The monoisotopic (exact) mass is 388 g/mol. The van der Waals surface area contributed by atoms with E-state index < -0.39 is 0 Å². The van der Waals surface area contributed by atoms with Crippen molar-refractivity contribution in [2.45, 2.75) is 0 Å². The van der Waals surface area contributed by atoms with Gasteiger partial charge in [-0.15, -0.1) is 0 Å². The van der Waals surface area contributed by atoms with Crippen molar-refractivity contribution in [1.82, 2.24) is 0 Å². The summed E-state index contributed by atoms with van der Waals surface area (Å²) in [6, 6.07) is 6.41. The zero-order valence-corrected chi connectivity index (χ0v) is 16.1. The molecule has 0 saturated carbocycles. The molecule has 0 aliphatic rings. The van der Waals surface area contributed by atoms with Crippen LogP contribution in [0.15, 0.2) is 33.5 Å². The molecular formula is C20H20O8. The lowest BCUT2D eigenvalue weighted by molar-refractivity contribution is 0.317. The molecule has 8 nitrogen and oxygen atoms in total. The van der Waals surface area contributed by atoms with Crippen LogP contribution in [-0.4, -0.2) is 40.7 Å². The van der Waals surface area contributed by atoms with Gasteiger partial charge in [-0.1, -0.05) is 0 Å². The molecule has 0 spiro atoms. The molecule has 0 saturated heterocycles. The Morgan fingerprint density at radius 3 is 2.00 bits per heavy atom. The average molecular weight is 388 g/mol. The number of fused-ring (bicyclic) bond motifs is 1. The van der Waals surface area contributed by atoms with Gasteiger partial charge in [0.15, 0.2) is 28.3 Å². The lowest BCUT2D eigenvalue weighted by Crippen LogP contribution is -2.06. The number of aromatic hydroxyl groups is 1. The first kappa shape index (κ1) is 19.2. The molecule has 0 radical (unpaired) electrons. The highest BCUT2D eigenvalue weighted by atomic mass is 16.5. The molecule has 148 valence electrons. The number of ether oxygens (including phenoxy) is 5. The van der Waals surface area contributed by atoms with E-state index >= 15 is 0 Å². The highest BCUT2D eigenvalue weighted by molar-refractivity contribution is 5.95. The fourth-order valence-electron chi connectivity index (χ4n) is 3.01. The zero-order chi connectivity index (χ0) is 20.4. The smallest absolute Gasteiger partial charge is 0.208 e. The van der Waals surface area contributed by atoms with Crippen LogP contribution in [0.3, 0.4) is 0 Å². The topological polar surface area (TPSA) is 96.6 Å². The molecule has 1 N–H and O–H groups in total. The van der Waals surface area contributed by atoms with E-state index in [2.05, 4.69) is 0 Å². The van der Waals surface area contributed by atoms with Crippen molar-refractivity contribution in [2.75, 3.05) is 35.5 Å². The van der Waals surface area contributed by atoms with Gasteiger partial charge in [-0.05, 0) is 18.2 Å². The van der Waals surface area contributed by atoms with Crippen LogP contribution < -0.4 is 29.1 Å². The van der Waals surface area contributed by atoms with Crippen molar-refractivity contribution < 1.29 is 33.2 Å². The van der Waals surface area contributed by atoms with Crippen LogP contribution in [0.5, 0.6) is 34.5 Å². The van der Waals surface area contributed by atoms with Crippen LogP contribution in [0.1, 0.15) is 0 Å². The van der Waals surface area contributed by atoms with Crippen molar-refractivity contribution in [3.63, 3.8) is 0 Å². The van der Waals surface area contributed by atoms with Gasteiger partial charge in [0, 0.05) is 11.6 Å². The molecule has 1 heterocycles.